The maximum absolute atomic E-state index is 3.67. The van der Waals surface area contributed by atoms with Crippen molar-refractivity contribution in [3.8, 4) is 0 Å². The molecule has 0 aliphatic heterocycles. The van der Waals surface area contributed by atoms with Gasteiger partial charge in [0.2, 0.25) is 0 Å². The monoisotopic (exact) mass is 246 g/mol. The fraction of sp³-hybridized carbons (Fsp3) is 0.500. The number of benzene rings is 1. The van der Waals surface area contributed by atoms with Crippen LogP contribution in [0.4, 0.5) is 5.69 Å². The van der Waals surface area contributed by atoms with Crippen molar-refractivity contribution < 1.29 is 0 Å². The van der Waals surface area contributed by atoms with E-state index in [1.807, 2.05) is 0 Å². The molecule has 1 rings (SSSR count). The Labute approximate surface area is 111 Å². The minimum atomic E-state index is 0.786. The van der Waals surface area contributed by atoms with Gasteiger partial charge in [-0.25, -0.2) is 0 Å². The van der Waals surface area contributed by atoms with Crippen LogP contribution in [0, 0.1) is 12.8 Å². The summed E-state index contributed by atoms with van der Waals surface area (Å²) in [6, 6.07) is 8.46. The zero-order chi connectivity index (χ0) is 13.2. The van der Waals surface area contributed by atoms with E-state index in [0.29, 0.717) is 0 Å². The van der Waals surface area contributed by atoms with Gasteiger partial charge in [0.15, 0.2) is 0 Å². The fourth-order valence-corrected chi connectivity index (χ4v) is 2.12. The molecule has 2 heteroatoms. The summed E-state index contributed by atoms with van der Waals surface area (Å²) in [6.07, 6.45) is 5.47. The molecule has 18 heavy (non-hydrogen) atoms. The normalized spacial score (nSPS) is 11.9. The summed E-state index contributed by atoms with van der Waals surface area (Å²) < 4.78 is 0. The van der Waals surface area contributed by atoms with Gasteiger partial charge in [0.1, 0.15) is 0 Å². The molecule has 2 nitrogen and oxygen atoms in total. The van der Waals surface area contributed by atoms with E-state index in [4.69, 9.17) is 0 Å². The van der Waals surface area contributed by atoms with Crippen molar-refractivity contribution in [2.75, 3.05) is 18.4 Å². The molecule has 0 bridgehead atoms. The van der Waals surface area contributed by atoms with E-state index in [1.54, 1.807) is 6.20 Å². The minimum Gasteiger partial charge on any atom is -0.391 e. The highest BCUT2D eigenvalue weighted by molar-refractivity contribution is 5.50. The summed E-state index contributed by atoms with van der Waals surface area (Å²) in [6.45, 7) is 10.2. The topological polar surface area (TPSA) is 24.1 Å². The van der Waals surface area contributed by atoms with Crippen LogP contribution in [0.5, 0.6) is 0 Å². The number of rotatable bonds is 9. The molecule has 1 aromatic rings. The number of anilines is 1. The second-order valence-corrected chi connectivity index (χ2v) is 4.75. The highest BCUT2D eigenvalue weighted by Gasteiger charge is 2.05. The Morgan fingerprint density at radius 3 is 2.61 bits per heavy atom. The van der Waals surface area contributed by atoms with E-state index >= 15 is 0 Å². The summed E-state index contributed by atoms with van der Waals surface area (Å²) in [4.78, 5) is 0. The van der Waals surface area contributed by atoms with Crippen LogP contribution in [-0.4, -0.2) is 13.1 Å². The van der Waals surface area contributed by atoms with E-state index in [2.05, 4.69) is 55.3 Å². The van der Waals surface area contributed by atoms with Crippen molar-refractivity contribution in [3.05, 3.63) is 42.6 Å². The number of nitrogens with one attached hydrogen (secondary N) is 2. The van der Waals surface area contributed by atoms with Crippen molar-refractivity contribution in [3.63, 3.8) is 0 Å². The first-order valence-corrected chi connectivity index (χ1v) is 6.91. The van der Waals surface area contributed by atoms with Crippen LogP contribution < -0.4 is 10.6 Å². The molecule has 0 heterocycles. The predicted molar refractivity (Wildman–Crippen MR) is 80.9 cm³/mol. The number of hydrogen-bond donors (Lipinski definition) is 2. The number of aryl methyl sites for hydroxylation is 1. The van der Waals surface area contributed by atoms with Crippen molar-refractivity contribution in [2.24, 2.45) is 5.92 Å². The third-order valence-electron chi connectivity index (χ3n) is 3.43. The van der Waals surface area contributed by atoms with Gasteiger partial charge in [0.25, 0.3) is 0 Å². The van der Waals surface area contributed by atoms with Gasteiger partial charge in [-0.05, 0) is 43.5 Å². The average Bonchev–Trinajstić information content (AvgIpc) is 2.39. The van der Waals surface area contributed by atoms with E-state index in [0.717, 1.165) is 19.0 Å². The summed E-state index contributed by atoms with van der Waals surface area (Å²) >= 11 is 0. The molecule has 0 radical (unpaired) electrons. The lowest BCUT2D eigenvalue weighted by atomic mass is 9.98. The first-order chi connectivity index (χ1) is 8.77. The molecule has 0 aliphatic rings. The molecule has 2 N–H and O–H groups in total. The lowest BCUT2D eigenvalue weighted by Gasteiger charge is -2.16. The van der Waals surface area contributed by atoms with Crippen LogP contribution in [0.25, 0.3) is 0 Å². The van der Waals surface area contributed by atoms with Gasteiger partial charge in [-0.3, -0.25) is 0 Å². The van der Waals surface area contributed by atoms with E-state index < -0.39 is 0 Å². The summed E-state index contributed by atoms with van der Waals surface area (Å²) in [5.74, 6) is 0.786. The third kappa shape index (κ3) is 5.26. The third-order valence-corrected chi connectivity index (χ3v) is 3.43. The molecule has 1 aromatic carbocycles. The molecular weight excluding hydrogens is 220 g/mol. The van der Waals surface area contributed by atoms with Gasteiger partial charge in [-0.2, -0.15) is 0 Å². The van der Waals surface area contributed by atoms with Crippen LogP contribution in [-0.2, 0) is 0 Å². The van der Waals surface area contributed by atoms with Crippen molar-refractivity contribution >= 4 is 5.69 Å². The lowest BCUT2D eigenvalue weighted by Crippen LogP contribution is -2.15. The first-order valence-electron chi connectivity index (χ1n) is 6.91. The van der Waals surface area contributed by atoms with Gasteiger partial charge >= 0.3 is 0 Å². The van der Waals surface area contributed by atoms with Crippen molar-refractivity contribution in [1.82, 2.24) is 5.32 Å². The molecule has 0 amide bonds. The molecule has 1 unspecified atom stereocenters. The molecular formula is C16H26N2. The van der Waals surface area contributed by atoms with Gasteiger partial charge in [0, 0.05) is 18.8 Å². The highest BCUT2D eigenvalue weighted by Crippen LogP contribution is 2.16. The van der Waals surface area contributed by atoms with Crippen LogP contribution in [0.2, 0.25) is 0 Å². The predicted octanol–water partition coefficient (Wildman–Crippen LogP) is 3.95. The zero-order valence-electron chi connectivity index (χ0n) is 11.7. The fourth-order valence-electron chi connectivity index (χ4n) is 2.12. The Balaban J connectivity index is 2.26. The zero-order valence-corrected chi connectivity index (χ0v) is 11.7. The smallest absolute Gasteiger partial charge is 0.0369 e. The standard InChI is InChI=1S/C16H26N2/c1-4-15(10-12-17-5-2)11-13-18-16-9-7-6-8-14(16)3/h5-9,15,17-18H,2,4,10-13H2,1,3H3. The Morgan fingerprint density at radius 2 is 1.94 bits per heavy atom. The minimum absolute atomic E-state index is 0.786. The highest BCUT2D eigenvalue weighted by atomic mass is 14.9. The summed E-state index contributed by atoms with van der Waals surface area (Å²) in [5, 5.41) is 6.70. The maximum atomic E-state index is 3.67. The SMILES string of the molecule is C=CNCCC(CC)CCNc1ccccc1C. The molecule has 0 aliphatic carbocycles. The number of para-hydroxylation sites is 1. The Bertz CT molecular complexity index is 347. The van der Waals surface area contributed by atoms with Crippen LogP contribution >= 0.6 is 0 Å². The largest absolute Gasteiger partial charge is 0.391 e. The van der Waals surface area contributed by atoms with Crippen molar-refractivity contribution in [1.29, 1.82) is 0 Å². The van der Waals surface area contributed by atoms with Crippen LogP contribution in [0.15, 0.2) is 37.0 Å². The van der Waals surface area contributed by atoms with E-state index in [-0.39, 0.29) is 0 Å². The average molecular weight is 246 g/mol. The molecule has 0 saturated heterocycles. The van der Waals surface area contributed by atoms with Crippen LogP contribution in [0.1, 0.15) is 31.7 Å². The Kier molecular flexibility index (Phi) is 7.00. The molecule has 1 atom stereocenters. The van der Waals surface area contributed by atoms with Gasteiger partial charge in [0.05, 0.1) is 0 Å². The summed E-state index contributed by atoms with van der Waals surface area (Å²) in [7, 11) is 0. The van der Waals surface area contributed by atoms with Crippen molar-refractivity contribution in [2.45, 2.75) is 33.1 Å². The van der Waals surface area contributed by atoms with Gasteiger partial charge in [-0.1, -0.05) is 38.1 Å². The van der Waals surface area contributed by atoms with Crippen LogP contribution in [0.3, 0.4) is 0 Å². The van der Waals surface area contributed by atoms with Gasteiger partial charge < -0.3 is 10.6 Å². The Morgan fingerprint density at radius 1 is 1.22 bits per heavy atom. The van der Waals surface area contributed by atoms with E-state index in [1.165, 1.54) is 30.5 Å². The summed E-state index contributed by atoms with van der Waals surface area (Å²) in [5.41, 5.74) is 2.58. The molecule has 0 saturated carbocycles. The number of hydrogen-bond acceptors (Lipinski definition) is 2. The maximum Gasteiger partial charge on any atom is 0.0369 e. The first kappa shape index (κ1) is 14.6. The second kappa shape index (κ2) is 8.62. The Hall–Kier alpha value is -1.44. The van der Waals surface area contributed by atoms with Gasteiger partial charge in [-0.15, -0.1) is 0 Å². The van der Waals surface area contributed by atoms with E-state index in [9.17, 15) is 0 Å². The lowest BCUT2D eigenvalue weighted by molar-refractivity contribution is 0.444. The molecule has 0 fully saturated rings. The second-order valence-electron chi connectivity index (χ2n) is 4.75. The molecule has 100 valence electrons. The molecule has 0 spiro atoms. The molecule has 0 aromatic heterocycles. The quantitative estimate of drug-likeness (QED) is 0.645.